The number of aryl methyl sites for hydroxylation is 1. The topological polar surface area (TPSA) is 72.4 Å². The van der Waals surface area contributed by atoms with Gasteiger partial charge in [0.15, 0.2) is 0 Å². The largest absolute Gasteiger partial charge is 0.360 e. The molecule has 7 heteroatoms. The van der Waals surface area contributed by atoms with Crippen LogP contribution in [0, 0.1) is 6.92 Å². The van der Waals surface area contributed by atoms with Crippen LogP contribution in [0.4, 0.5) is 0 Å². The van der Waals surface area contributed by atoms with Gasteiger partial charge < -0.3 is 15.2 Å². The monoisotopic (exact) mass is 355 g/mol. The number of likely N-dealkylation sites (tertiary alicyclic amines) is 1. The van der Waals surface area contributed by atoms with Gasteiger partial charge in [-0.05, 0) is 25.8 Å². The predicted molar refractivity (Wildman–Crippen MR) is 92.0 cm³/mol. The predicted octanol–water partition coefficient (Wildman–Crippen LogP) is 3.29. The summed E-state index contributed by atoms with van der Waals surface area (Å²) in [6, 6.07) is 7.33. The Hall–Kier alpha value is -1.56. The number of carbonyl (C=O) groups excluding carboxylic acids is 1. The van der Waals surface area contributed by atoms with Gasteiger partial charge in [0.1, 0.15) is 17.0 Å². The average molecular weight is 356 g/mol. The summed E-state index contributed by atoms with van der Waals surface area (Å²) >= 11 is 6.23. The van der Waals surface area contributed by atoms with Crippen molar-refractivity contribution in [3.63, 3.8) is 0 Å². The normalized spacial score (nSPS) is 17.7. The summed E-state index contributed by atoms with van der Waals surface area (Å²) in [5, 5.41) is 4.59. The summed E-state index contributed by atoms with van der Waals surface area (Å²) in [5.74, 6) is 0.405. The number of rotatable bonds is 2. The Kier molecular flexibility index (Phi) is 5.68. The molecule has 2 N–H and O–H groups in total. The van der Waals surface area contributed by atoms with Crippen LogP contribution in [0.2, 0.25) is 5.02 Å². The van der Waals surface area contributed by atoms with Crippen LogP contribution in [0.15, 0.2) is 28.8 Å². The van der Waals surface area contributed by atoms with Gasteiger partial charge in [0.25, 0.3) is 5.91 Å². The van der Waals surface area contributed by atoms with Gasteiger partial charge in [-0.1, -0.05) is 35.0 Å². The molecule has 1 unspecified atom stereocenters. The van der Waals surface area contributed by atoms with E-state index in [0.717, 1.165) is 12.8 Å². The van der Waals surface area contributed by atoms with Crippen LogP contribution in [0.3, 0.4) is 0 Å². The van der Waals surface area contributed by atoms with E-state index in [0.29, 0.717) is 40.7 Å². The Morgan fingerprint density at radius 1 is 1.43 bits per heavy atom. The van der Waals surface area contributed by atoms with Crippen LogP contribution >= 0.6 is 24.0 Å². The van der Waals surface area contributed by atoms with Crippen LogP contribution < -0.4 is 5.73 Å². The highest BCUT2D eigenvalue weighted by Crippen LogP contribution is 2.32. The molecule has 23 heavy (non-hydrogen) atoms. The quantitative estimate of drug-likeness (QED) is 0.896. The van der Waals surface area contributed by atoms with Crippen molar-refractivity contribution in [2.24, 2.45) is 5.73 Å². The number of hydrogen-bond donors (Lipinski definition) is 1. The van der Waals surface area contributed by atoms with Crippen LogP contribution in [0.25, 0.3) is 11.3 Å². The van der Waals surface area contributed by atoms with Gasteiger partial charge in [-0.15, -0.1) is 12.4 Å². The van der Waals surface area contributed by atoms with E-state index in [1.54, 1.807) is 17.9 Å². The first-order chi connectivity index (χ1) is 10.6. The Labute approximate surface area is 146 Å². The number of aromatic nitrogens is 1. The smallest absolute Gasteiger partial charge is 0.259 e. The third-order valence-electron chi connectivity index (χ3n) is 3.95. The molecule has 1 aromatic heterocycles. The maximum Gasteiger partial charge on any atom is 0.259 e. The second-order valence-corrected chi connectivity index (χ2v) is 6.00. The van der Waals surface area contributed by atoms with E-state index >= 15 is 0 Å². The minimum atomic E-state index is -0.0937. The third kappa shape index (κ3) is 3.52. The number of benzene rings is 1. The molecule has 1 aliphatic rings. The molecule has 1 saturated heterocycles. The van der Waals surface area contributed by atoms with Gasteiger partial charge >= 0.3 is 0 Å². The van der Waals surface area contributed by atoms with Crippen molar-refractivity contribution in [1.82, 2.24) is 10.1 Å². The highest BCUT2D eigenvalue weighted by molar-refractivity contribution is 6.33. The number of piperidine rings is 1. The first-order valence-corrected chi connectivity index (χ1v) is 7.71. The number of carbonyl (C=O) groups is 1. The molecule has 0 bridgehead atoms. The Bertz CT molecular complexity index is 702. The summed E-state index contributed by atoms with van der Waals surface area (Å²) in [7, 11) is 0. The Morgan fingerprint density at radius 3 is 2.87 bits per heavy atom. The zero-order valence-corrected chi connectivity index (χ0v) is 14.4. The number of halogens is 2. The average Bonchev–Trinajstić information content (AvgIpc) is 2.88. The minimum Gasteiger partial charge on any atom is -0.360 e. The Balaban J connectivity index is 0.00000192. The van der Waals surface area contributed by atoms with Crippen LogP contribution in [-0.4, -0.2) is 35.1 Å². The lowest BCUT2D eigenvalue weighted by atomic mass is 10.0. The summed E-state index contributed by atoms with van der Waals surface area (Å²) in [6.45, 7) is 3.01. The molecule has 124 valence electrons. The lowest BCUT2D eigenvalue weighted by Gasteiger charge is -2.30. The van der Waals surface area contributed by atoms with Gasteiger partial charge in [-0.3, -0.25) is 4.79 Å². The van der Waals surface area contributed by atoms with Gasteiger partial charge in [-0.2, -0.15) is 0 Å². The second-order valence-electron chi connectivity index (χ2n) is 5.60. The molecule has 2 heterocycles. The van der Waals surface area contributed by atoms with Crippen LogP contribution in [-0.2, 0) is 0 Å². The molecule has 5 nitrogen and oxygen atoms in total. The van der Waals surface area contributed by atoms with Gasteiger partial charge in [0.05, 0.1) is 5.02 Å². The fourth-order valence-electron chi connectivity index (χ4n) is 2.81. The molecule has 0 saturated carbocycles. The first kappa shape index (κ1) is 17.8. The molecule has 0 aliphatic carbocycles. The fraction of sp³-hybridized carbons (Fsp3) is 0.375. The lowest BCUT2D eigenvalue weighted by Crippen LogP contribution is -2.45. The van der Waals surface area contributed by atoms with Crippen molar-refractivity contribution in [1.29, 1.82) is 0 Å². The van der Waals surface area contributed by atoms with Crippen molar-refractivity contribution in [2.75, 3.05) is 13.1 Å². The fourth-order valence-corrected chi connectivity index (χ4v) is 3.04. The molecular weight excluding hydrogens is 337 g/mol. The maximum atomic E-state index is 12.9. The third-order valence-corrected chi connectivity index (χ3v) is 4.28. The van der Waals surface area contributed by atoms with E-state index in [9.17, 15) is 4.79 Å². The zero-order chi connectivity index (χ0) is 15.7. The Morgan fingerprint density at radius 2 is 2.17 bits per heavy atom. The molecule has 1 fully saturated rings. The maximum absolute atomic E-state index is 12.9. The van der Waals surface area contributed by atoms with E-state index in [1.807, 2.05) is 18.2 Å². The first-order valence-electron chi connectivity index (χ1n) is 7.34. The molecule has 2 aromatic rings. The van der Waals surface area contributed by atoms with Gasteiger partial charge in [0.2, 0.25) is 0 Å². The van der Waals surface area contributed by atoms with Crippen molar-refractivity contribution < 1.29 is 9.32 Å². The van der Waals surface area contributed by atoms with E-state index in [2.05, 4.69) is 5.16 Å². The number of hydrogen-bond acceptors (Lipinski definition) is 4. The molecule has 0 radical (unpaired) electrons. The number of amides is 1. The molecule has 1 aromatic carbocycles. The molecular formula is C16H19Cl2N3O2. The van der Waals surface area contributed by atoms with Crippen molar-refractivity contribution in [3.05, 3.63) is 40.6 Å². The number of nitrogens with zero attached hydrogens (tertiary/aromatic N) is 2. The molecule has 1 amide bonds. The van der Waals surface area contributed by atoms with E-state index in [1.165, 1.54) is 0 Å². The van der Waals surface area contributed by atoms with Gasteiger partial charge in [0, 0.05) is 24.7 Å². The van der Waals surface area contributed by atoms with E-state index < -0.39 is 0 Å². The van der Waals surface area contributed by atoms with Crippen molar-refractivity contribution in [2.45, 2.75) is 25.8 Å². The molecule has 1 aliphatic heterocycles. The highest BCUT2D eigenvalue weighted by Gasteiger charge is 2.29. The van der Waals surface area contributed by atoms with Crippen molar-refractivity contribution >= 4 is 29.9 Å². The van der Waals surface area contributed by atoms with Crippen LogP contribution in [0.5, 0.6) is 0 Å². The molecule has 0 spiro atoms. The second kappa shape index (κ2) is 7.34. The number of nitrogens with two attached hydrogens (primary N) is 1. The molecule has 1 atom stereocenters. The van der Waals surface area contributed by atoms with Crippen molar-refractivity contribution in [3.8, 4) is 11.3 Å². The SMILES string of the molecule is Cc1onc(-c2ccccc2Cl)c1C(=O)N1CCCC(N)C1.Cl. The lowest BCUT2D eigenvalue weighted by molar-refractivity contribution is 0.0707. The molecule has 3 rings (SSSR count). The van der Waals surface area contributed by atoms with Crippen LogP contribution in [0.1, 0.15) is 29.0 Å². The summed E-state index contributed by atoms with van der Waals surface area (Å²) < 4.78 is 5.26. The zero-order valence-electron chi connectivity index (χ0n) is 12.8. The summed E-state index contributed by atoms with van der Waals surface area (Å²) in [5.41, 5.74) is 7.64. The van der Waals surface area contributed by atoms with Gasteiger partial charge in [-0.25, -0.2) is 0 Å². The summed E-state index contributed by atoms with van der Waals surface area (Å²) in [6.07, 6.45) is 1.86. The minimum absolute atomic E-state index is 0. The summed E-state index contributed by atoms with van der Waals surface area (Å²) in [4.78, 5) is 14.6. The highest BCUT2D eigenvalue weighted by atomic mass is 35.5. The van der Waals surface area contributed by atoms with E-state index in [-0.39, 0.29) is 24.4 Å². The van der Waals surface area contributed by atoms with E-state index in [4.69, 9.17) is 21.9 Å². The standard InChI is InChI=1S/C16H18ClN3O2.ClH/c1-10-14(16(21)20-8-4-5-11(18)9-20)15(19-22-10)12-6-2-3-7-13(12)17;/h2-3,6-7,11H,4-5,8-9,18H2,1H3;1H.